The predicted molar refractivity (Wildman–Crippen MR) is 45.6 cm³/mol. The Hall–Kier alpha value is -1.09. The Morgan fingerprint density at radius 2 is 2.17 bits per heavy atom. The molecular formula is C9H12FNO. The van der Waals surface area contributed by atoms with Gasteiger partial charge >= 0.3 is 0 Å². The van der Waals surface area contributed by atoms with Crippen LogP contribution in [-0.2, 0) is 6.54 Å². The van der Waals surface area contributed by atoms with Crippen molar-refractivity contribution in [1.82, 2.24) is 5.32 Å². The summed E-state index contributed by atoms with van der Waals surface area (Å²) in [5.74, 6) is -0.810. The summed E-state index contributed by atoms with van der Waals surface area (Å²) in [5.41, 5.74) is 1.51. The summed E-state index contributed by atoms with van der Waals surface area (Å²) >= 11 is 0. The van der Waals surface area contributed by atoms with Gasteiger partial charge in [0, 0.05) is 12.1 Å². The first-order valence-corrected chi connectivity index (χ1v) is 3.78. The number of phenols is 1. The second-order valence-corrected chi connectivity index (χ2v) is 2.72. The molecule has 3 heteroatoms. The van der Waals surface area contributed by atoms with Crippen molar-refractivity contribution in [2.24, 2.45) is 0 Å². The van der Waals surface area contributed by atoms with E-state index >= 15 is 0 Å². The van der Waals surface area contributed by atoms with Crippen molar-refractivity contribution in [1.29, 1.82) is 0 Å². The van der Waals surface area contributed by atoms with Gasteiger partial charge in [0.15, 0.2) is 11.6 Å². The standard InChI is InChI=1S/C9H12FNO/c1-6-3-4-8(10)9(12)7(6)5-11-2/h3-4,11-12H,5H2,1-2H3. The molecule has 0 amide bonds. The minimum atomic E-state index is -0.564. The average Bonchev–Trinajstić information content (AvgIpc) is 2.06. The van der Waals surface area contributed by atoms with Crippen LogP contribution in [0.5, 0.6) is 5.75 Å². The van der Waals surface area contributed by atoms with E-state index in [4.69, 9.17) is 0 Å². The number of benzene rings is 1. The van der Waals surface area contributed by atoms with Crippen LogP contribution < -0.4 is 5.32 Å². The van der Waals surface area contributed by atoms with Gasteiger partial charge in [0.05, 0.1) is 0 Å². The van der Waals surface area contributed by atoms with E-state index in [1.807, 2.05) is 6.92 Å². The van der Waals surface area contributed by atoms with E-state index in [0.717, 1.165) is 5.56 Å². The molecule has 0 fully saturated rings. The predicted octanol–water partition coefficient (Wildman–Crippen LogP) is 1.56. The first kappa shape index (κ1) is 9.00. The number of aryl methyl sites for hydroxylation is 1. The molecule has 1 aromatic carbocycles. The average molecular weight is 169 g/mol. The molecule has 66 valence electrons. The Labute approximate surface area is 71.0 Å². The van der Waals surface area contributed by atoms with Crippen LogP contribution in [-0.4, -0.2) is 12.2 Å². The summed E-state index contributed by atoms with van der Waals surface area (Å²) in [6.45, 7) is 2.32. The highest BCUT2D eigenvalue weighted by molar-refractivity contribution is 5.39. The van der Waals surface area contributed by atoms with Gasteiger partial charge in [0.1, 0.15) is 0 Å². The molecule has 0 atom stereocenters. The van der Waals surface area contributed by atoms with Gasteiger partial charge in [0.25, 0.3) is 0 Å². The number of hydrogen-bond donors (Lipinski definition) is 2. The van der Waals surface area contributed by atoms with Gasteiger partial charge in [-0.1, -0.05) is 6.07 Å². The smallest absolute Gasteiger partial charge is 0.165 e. The lowest BCUT2D eigenvalue weighted by Crippen LogP contribution is -2.07. The Kier molecular flexibility index (Phi) is 2.65. The van der Waals surface area contributed by atoms with E-state index in [2.05, 4.69) is 5.32 Å². The number of halogens is 1. The zero-order chi connectivity index (χ0) is 9.14. The molecule has 0 radical (unpaired) electrons. The van der Waals surface area contributed by atoms with Crippen LogP contribution in [0.3, 0.4) is 0 Å². The van der Waals surface area contributed by atoms with E-state index in [-0.39, 0.29) is 5.75 Å². The summed E-state index contributed by atoms with van der Waals surface area (Å²) < 4.78 is 12.8. The Morgan fingerprint density at radius 1 is 1.50 bits per heavy atom. The first-order valence-electron chi connectivity index (χ1n) is 3.78. The second kappa shape index (κ2) is 3.54. The van der Waals surface area contributed by atoms with E-state index in [9.17, 15) is 9.50 Å². The number of nitrogens with one attached hydrogen (secondary N) is 1. The zero-order valence-corrected chi connectivity index (χ0v) is 7.19. The molecule has 1 rings (SSSR count). The quantitative estimate of drug-likeness (QED) is 0.704. The van der Waals surface area contributed by atoms with Crippen molar-refractivity contribution in [3.63, 3.8) is 0 Å². The highest BCUT2D eigenvalue weighted by Crippen LogP contribution is 2.23. The van der Waals surface area contributed by atoms with Crippen LogP contribution in [0.15, 0.2) is 12.1 Å². The van der Waals surface area contributed by atoms with Gasteiger partial charge < -0.3 is 10.4 Å². The summed E-state index contributed by atoms with van der Waals surface area (Å²) in [6, 6.07) is 2.92. The van der Waals surface area contributed by atoms with Crippen LogP contribution in [0.1, 0.15) is 11.1 Å². The van der Waals surface area contributed by atoms with Gasteiger partial charge in [-0.05, 0) is 25.6 Å². The maximum absolute atomic E-state index is 12.8. The van der Waals surface area contributed by atoms with Crippen molar-refractivity contribution in [2.75, 3.05) is 7.05 Å². The third-order valence-electron chi connectivity index (χ3n) is 1.82. The summed E-state index contributed by atoms with van der Waals surface area (Å²) in [7, 11) is 1.75. The van der Waals surface area contributed by atoms with E-state index in [0.29, 0.717) is 12.1 Å². The maximum Gasteiger partial charge on any atom is 0.165 e. The van der Waals surface area contributed by atoms with E-state index in [1.54, 1.807) is 13.1 Å². The fourth-order valence-corrected chi connectivity index (χ4v) is 1.11. The van der Waals surface area contributed by atoms with Crippen LogP contribution in [0.4, 0.5) is 4.39 Å². The molecule has 0 spiro atoms. The van der Waals surface area contributed by atoms with E-state index < -0.39 is 5.82 Å². The fourth-order valence-electron chi connectivity index (χ4n) is 1.11. The molecule has 0 heterocycles. The lowest BCUT2D eigenvalue weighted by molar-refractivity contribution is 0.423. The van der Waals surface area contributed by atoms with Gasteiger partial charge in [-0.25, -0.2) is 4.39 Å². The minimum Gasteiger partial charge on any atom is -0.505 e. The van der Waals surface area contributed by atoms with Crippen molar-refractivity contribution in [2.45, 2.75) is 13.5 Å². The van der Waals surface area contributed by atoms with Crippen LogP contribution in [0.2, 0.25) is 0 Å². The highest BCUT2D eigenvalue weighted by atomic mass is 19.1. The molecule has 0 saturated heterocycles. The third kappa shape index (κ3) is 1.56. The lowest BCUT2D eigenvalue weighted by Gasteiger charge is -2.07. The maximum atomic E-state index is 12.8. The molecule has 0 aliphatic rings. The van der Waals surface area contributed by atoms with Gasteiger partial charge in [-0.15, -0.1) is 0 Å². The highest BCUT2D eigenvalue weighted by Gasteiger charge is 2.08. The molecule has 0 bridgehead atoms. The molecule has 2 nitrogen and oxygen atoms in total. The number of rotatable bonds is 2. The summed E-state index contributed by atoms with van der Waals surface area (Å²) in [4.78, 5) is 0. The normalized spacial score (nSPS) is 10.2. The molecule has 0 aliphatic carbocycles. The third-order valence-corrected chi connectivity index (χ3v) is 1.82. The molecule has 12 heavy (non-hydrogen) atoms. The van der Waals surface area contributed by atoms with Gasteiger partial charge in [0.2, 0.25) is 0 Å². The Balaban J connectivity index is 3.14. The Bertz CT molecular complexity index is 286. The van der Waals surface area contributed by atoms with Gasteiger partial charge in [-0.2, -0.15) is 0 Å². The first-order chi connectivity index (χ1) is 5.66. The fraction of sp³-hybridized carbons (Fsp3) is 0.333. The summed E-state index contributed by atoms with van der Waals surface area (Å²) in [5, 5.41) is 12.2. The largest absolute Gasteiger partial charge is 0.505 e. The van der Waals surface area contributed by atoms with E-state index in [1.165, 1.54) is 6.07 Å². The molecule has 0 aliphatic heterocycles. The number of phenolic OH excluding ortho intramolecular Hbond substituents is 1. The molecule has 0 unspecified atom stereocenters. The van der Waals surface area contributed by atoms with Crippen molar-refractivity contribution >= 4 is 0 Å². The SMILES string of the molecule is CNCc1c(C)ccc(F)c1O. The molecular weight excluding hydrogens is 157 g/mol. The zero-order valence-electron chi connectivity index (χ0n) is 7.19. The topological polar surface area (TPSA) is 32.3 Å². The number of aromatic hydroxyl groups is 1. The van der Waals surface area contributed by atoms with Gasteiger partial charge in [-0.3, -0.25) is 0 Å². The molecule has 0 saturated carbocycles. The molecule has 0 aromatic heterocycles. The van der Waals surface area contributed by atoms with Crippen molar-refractivity contribution in [3.8, 4) is 5.75 Å². The van der Waals surface area contributed by atoms with Crippen molar-refractivity contribution < 1.29 is 9.50 Å². The van der Waals surface area contributed by atoms with Crippen LogP contribution >= 0.6 is 0 Å². The lowest BCUT2D eigenvalue weighted by atomic mass is 10.1. The number of hydrogen-bond acceptors (Lipinski definition) is 2. The minimum absolute atomic E-state index is 0.246. The molecule has 1 aromatic rings. The monoisotopic (exact) mass is 169 g/mol. The second-order valence-electron chi connectivity index (χ2n) is 2.72. The summed E-state index contributed by atoms with van der Waals surface area (Å²) in [6.07, 6.45) is 0. The Morgan fingerprint density at radius 3 is 2.75 bits per heavy atom. The van der Waals surface area contributed by atoms with Crippen LogP contribution in [0, 0.1) is 12.7 Å². The molecule has 2 N–H and O–H groups in total. The van der Waals surface area contributed by atoms with Crippen LogP contribution in [0.25, 0.3) is 0 Å². The van der Waals surface area contributed by atoms with Crippen molar-refractivity contribution in [3.05, 3.63) is 29.1 Å².